The van der Waals surface area contributed by atoms with Gasteiger partial charge in [0.15, 0.2) is 0 Å². The Labute approximate surface area is 131 Å². The quantitative estimate of drug-likeness (QED) is 0.349. The smallest absolute Gasteiger partial charge is 0.148 e. The minimum atomic E-state index is -0.210. The van der Waals surface area contributed by atoms with Crippen molar-refractivity contribution in [1.29, 1.82) is 0 Å². The summed E-state index contributed by atoms with van der Waals surface area (Å²) >= 11 is 2.00. The first-order valence-electron chi connectivity index (χ1n) is 5.61. The molecule has 0 unspecified atom stereocenters. The summed E-state index contributed by atoms with van der Waals surface area (Å²) in [7, 11) is 5.05. The number of hydrogen-bond acceptors (Lipinski definition) is 6. The molecule has 0 saturated carbocycles. The zero-order chi connectivity index (χ0) is 14.3. The van der Waals surface area contributed by atoms with Gasteiger partial charge in [-0.25, -0.2) is 3.53 Å². The summed E-state index contributed by atoms with van der Waals surface area (Å²) < 4.78 is 2.75. The maximum Gasteiger partial charge on any atom is 0.148 e. The van der Waals surface area contributed by atoms with Crippen LogP contribution >= 0.6 is 44.5 Å². The number of carbonyl (C=O) groups is 2. The standard InChI is InChI=1S/C11H21IN2O2S2/c1-7(15)9(14-12)6-17-18-11(3,4)10(13-5)8(2)16/h9-10,13-14H,6H2,1-5H3/t9-,10+/m0/s1. The third-order valence-corrected chi connectivity index (χ3v) is 6.58. The van der Waals surface area contributed by atoms with E-state index < -0.39 is 0 Å². The van der Waals surface area contributed by atoms with E-state index in [1.165, 1.54) is 0 Å². The molecule has 0 spiro atoms. The van der Waals surface area contributed by atoms with Crippen LogP contribution in [0, 0.1) is 0 Å². The number of halogens is 1. The second kappa shape index (κ2) is 8.78. The summed E-state index contributed by atoms with van der Waals surface area (Å²) in [5.74, 6) is 0.957. The second-order valence-corrected chi connectivity index (χ2v) is 8.19. The zero-order valence-corrected chi connectivity index (χ0v) is 15.2. The number of Topliss-reactive ketones (excluding diaryl/α,β-unsaturated/α-hetero) is 2. The van der Waals surface area contributed by atoms with Crippen LogP contribution in [0.15, 0.2) is 0 Å². The average molecular weight is 404 g/mol. The molecule has 18 heavy (non-hydrogen) atoms. The summed E-state index contributed by atoms with van der Waals surface area (Å²) in [6.45, 7) is 7.25. The Morgan fingerprint density at radius 2 is 1.83 bits per heavy atom. The summed E-state index contributed by atoms with van der Waals surface area (Å²) in [4.78, 5) is 22.8. The molecule has 0 aromatic heterocycles. The van der Waals surface area contributed by atoms with Crippen molar-refractivity contribution >= 4 is 56.0 Å². The van der Waals surface area contributed by atoms with Gasteiger partial charge in [-0.3, -0.25) is 9.59 Å². The van der Waals surface area contributed by atoms with Crippen molar-refractivity contribution in [2.45, 2.75) is 44.5 Å². The Bertz CT molecular complexity index is 301. The molecule has 0 amide bonds. The van der Waals surface area contributed by atoms with Crippen molar-refractivity contribution < 1.29 is 9.59 Å². The molecule has 0 aromatic rings. The van der Waals surface area contributed by atoms with Crippen LogP contribution in [0.4, 0.5) is 0 Å². The Morgan fingerprint density at radius 1 is 1.28 bits per heavy atom. The lowest BCUT2D eigenvalue weighted by Crippen LogP contribution is -2.47. The minimum Gasteiger partial charge on any atom is -0.309 e. The first-order chi connectivity index (χ1) is 8.26. The van der Waals surface area contributed by atoms with Crippen LogP contribution in [0.5, 0.6) is 0 Å². The van der Waals surface area contributed by atoms with Crippen LogP contribution in [-0.4, -0.2) is 41.2 Å². The Balaban J connectivity index is 4.34. The fourth-order valence-corrected chi connectivity index (χ4v) is 5.54. The van der Waals surface area contributed by atoms with Crippen molar-refractivity contribution in [3.63, 3.8) is 0 Å². The number of rotatable bonds is 9. The monoisotopic (exact) mass is 404 g/mol. The van der Waals surface area contributed by atoms with Gasteiger partial charge in [0.1, 0.15) is 11.6 Å². The molecular weight excluding hydrogens is 383 g/mol. The summed E-state index contributed by atoms with van der Waals surface area (Å²) in [5.41, 5.74) is 0. The number of carbonyl (C=O) groups excluding carboxylic acids is 2. The maximum absolute atomic E-state index is 11.5. The molecule has 2 N–H and O–H groups in total. The highest BCUT2D eigenvalue weighted by Crippen LogP contribution is 2.38. The molecule has 0 aromatic carbocycles. The van der Waals surface area contributed by atoms with E-state index in [-0.39, 0.29) is 28.4 Å². The third-order valence-electron chi connectivity index (χ3n) is 2.52. The molecule has 0 radical (unpaired) electrons. The molecule has 0 heterocycles. The SMILES string of the molecule is CN[C@H](C(C)=O)C(C)(C)SSC[C@H](NI)C(C)=O. The molecule has 0 aliphatic rings. The van der Waals surface area contributed by atoms with Gasteiger partial charge in [-0.1, -0.05) is 21.6 Å². The molecule has 4 nitrogen and oxygen atoms in total. The van der Waals surface area contributed by atoms with Crippen LogP contribution in [0.1, 0.15) is 27.7 Å². The van der Waals surface area contributed by atoms with Crippen molar-refractivity contribution in [2.75, 3.05) is 12.8 Å². The van der Waals surface area contributed by atoms with Gasteiger partial charge < -0.3 is 5.32 Å². The van der Waals surface area contributed by atoms with Gasteiger partial charge in [0, 0.05) is 33.4 Å². The maximum atomic E-state index is 11.5. The van der Waals surface area contributed by atoms with E-state index in [4.69, 9.17) is 0 Å². The van der Waals surface area contributed by atoms with Crippen LogP contribution in [0.25, 0.3) is 0 Å². The normalized spacial score (nSPS) is 15.2. The van der Waals surface area contributed by atoms with Crippen LogP contribution < -0.4 is 8.85 Å². The van der Waals surface area contributed by atoms with Gasteiger partial charge in [-0.05, 0) is 34.7 Å². The number of hydrogen-bond donors (Lipinski definition) is 2. The first kappa shape index (κ1) is 18.7. The van der Waals surface area contributed by atoms with Gasteiger partial charge in [0.2, 0.25) is 0 Å². The molecule has 0 aliphatic carbocycles. The van der Waals surface area contributed by atoms with Crippen LogP contribution in [0.2, 0.25) is 0 Å². The fourth-order valence-electron chi connectivity index (χ4n) is 1.57. The topological polar surface area (TPSA) is 58.2 Å². The molecule has 7 heteroatoms. The van der Waals surface area contributed by atoms with E-state index in [1.54, 1.807) is 42.5 Å². The van der Waals surface area contributed by atoms with E-state index >= 15 is 0 Å². The predicted molar refractivity (Wildman–Crippen MR) is 89.3 cm³/mol. The largest absolute Gasteiger partial charge is 0.309 e. The predicted octanol–water partition coefficient (Wildman–Crippen LogP) is 2.22. The van der Waals surface area contributed by atoms with Gasteiger partial charge in [-0.2, -0.15) is 0 Å². The lowest BCUT2D eigenvalue weighted by molar-refractivity contribution is -0.119. The van der Waals surface area contributed by atoms with Gasteiger partial charge >= 0.3 is 0 Å². The van der Waals surface area contributed by atoms with Crippen molar-refractivity contribution in [1.82, 2.24) is 8.85 Å². The van der Waals surface area contributed by atoms with Crippen molar-refractivity contribution in [2.24, 2.45) is 0 Å². The highest BCUT2D eigenvalue weighted by molar-refractivity contribution is 14.1. The van der Waals surface area contributed by atoms with E-state index in [9.17, 15) is 9.59 Å². The lowest BCUT2D eigenvalue weighted by atomic mass is 10.0. The highest BCUT2D eigenvalue weighted by atomic mass is 127. The van der Waals surface area contributed by atoms with E-state index in [1.807, 2.05) is 36.7 Å². The van der Waals surface area contributed by atoms with Crippen LogP contribution in [0.3, 0.4) is 0 Å². The molecule has 106 valence electrons. The highest BCUT2D eigenvalue weighted by Gasteiger charge is 2.33. The van der Waals surface area contributed by atoms with Gasteiger partial charge in [-0.15, -0.1) is 0 Å². The van der Waals surface area contributed by atoms with Crippen molar-refractivity contribution in [3.05, 3.63) is 0 Å². The van der Waals surface area contributed by atoms with Gasteiger partial charge in [0.05, 0.1) is 12.1 Å². The fraction of sp³-hybridized carbons (Fsp3) is 0.818. The first-order valence-corrected chi connectivity index (χ1v) is 9.01. The Kier molecular flexibility index (Phi) is 9.12. The number of nitrogens with one attached hydrogen (secondary N) is 2. The summed E-state index contributed by atoms with van der Waals surface area (Å²) in [6, 6.07) is -0.317. The third kappa shape index (κ3) is 6.23. The molecular formula is C11H21IN2O2S2. The summed E-state index contributed by atoms with van der Waals surface area (Å²) in [5, 5.41) is 3.05. The molecule has 0 rings (SSSR count). The van der Waals surface area contributed by atoms with E-state index in [2.05, 4.69) is 8.85 Å². The Morgan fingerprint density at radius 3 is 2.17 bits per heavy atom. The zero-order valence-electron chi connectivity index (χ0n) is 11.4. The minimum absolute atomic E-state index is 0.130. The number of ketones is 2. The van der Waals surface area contributed by atoms with E-state index in [0.717, 1.165) is 0 Å². The second-order valence-electron chi connectivity index (χ2n) is 4.58. The Hall–Kier alpha value is 0.690. The molecule has 0 bridgehead atoms. The molecule has 0 saturated heterocycles. The average Bonchev–Trinajstić information content (AvgIpc) is 2.23. The summed E-state index contributed by atoms with van der Waals surface area (Å²) in [6.07, 6.45) is 0. The van der Waals surface area contributed by atoms with Crippen molar-refractivity contribution in [3.8, 4) is 0 Å². The number of likely N-dealkylation sites (N-methyl/N-ethyl adjacent to an activating group) is 1. The molecule has 0 aliphatic heterocycles. The van der Waals surface area contributed by atoms with Crippen LogP contribution in [-0.2, 0) is 9.59 Å². The van der Waals surface area contributed by atoms with E-state index in [0.29, 0.717) is 5.75 Å². The molecule has 0 fully saturated rings. The lowest BCUT2D eigenvalue weighted by Gasteiger charge is -2.31. The molecule has 2 atom stereocenters. The van der Waals surface area contributed by atoms with Gasteiger partial charge in [0.25, 0.3) is 0 Å².